The summed E-state index contributed by atoms with van der Waals surface area (Å²) in [6.45, 7) is 1.00. The Balaban J connectivity index is 1.38. The summed E-state index contributed by atoms with van der Waals surface area (Å²) in [5.41, 5.74) is 8.42. The summed E-state index contributed by atoms with van der Waals surface area (Å²) in [5, 5.41) is 3.70. The Morgan fingerprint density at radius 1 is 1.11 bits per heavy atom. The van der Waals surface area contributed by atoms with Gasteiger partial charge in [0.15, 0.2) is 0 Å². The van der Waals surface area contributed by atoms with Crippen molar-refractivity contribution in [1.82, 2.24) is 20.2 Å². The van der Waals surface area contributed by atoms with Gasteiger partial charge in [-0.05, 0) is 49.2 Å². The lowest BCUT2D eigenvalue weighted by Gasteiger charge is -2.17. The first-order valence-corrected chi connectivity index (χ1v) is 11.8. The van der Waals surface area contributed by atoms with Crippen LogP contribution in [0.4, 0.5) is 15.1 Å². The molecule has 0 atom stereocenters. The zero-order chi connectivity index (χ0) is 24.5. The second kappa shape index (κ2) is 9.75. The number of aromatic nitrogens is 2. The van der Waals surface area contributed by atoms with Gasteiger partial charge in [-0.1, -0.05) is 23.2 Å². The Labute approximate surface area is 211 Å². The van der Waals surface area contributed by atoms with Gasteiger partial charge in [0.1, 0.15) is 30.5 Å². The number of fused-ring (bicyclic) bond motifs is 1. The Bertz CT molecular complexity index is 1270. The molecule has 35 heavy (non-hydrogen) atoms. The molecule has 11 heteroatoms. The highest BCUT2D eigenvalue weighted by atomic mass is 35.5. The number of carbonyl (C=O) groups is 1. The third-order valence-electron chi connectivity index (χ3n) is 5.67. The average molecular weight is 518 g/mol. The molecule has 0 bridgehead atoms. The molecular formula is C24H22Cl2FN5O3. The summed E-state index contributed by atoms with van der Waals surface area (Å²) in [5.74, 6) is 0.642. The largest absolute Gasteiger partial charge is 0.490 e. The fourth-order valence-corrected chi connectivity index (χ4v) is 4.42. The number of nitrogens with zero attached hydrogens (tertiary/aromatic N) is 3. The number of nitrogens with two attached hydrogens (primary N) is 1. The van der Waals surface area contributed by atoms with Crippen LogP contribution in [0, 0.1) is 5.82 Å². The Morgan fingerprint density at radius 2 is 1.86 bits per heavy atom. The lowest BCUT2D eigenvalue weighted by Crippen LogP contribution is -2.37. The fraction of sp³-hybridized carbons (Fsp3) is 0.292. The third kappa shape index (κ3) is 5.36. The summed E-state index contributed by atoms with van der Waals surface area (Å²) < 4.78 is 24.7. The molecule has 3 N–H and O–H groups in total. The van der Waals surface area contributed by atoms with E-state index >= 15 is 0 Å². The first kappa shape index (κ1) is 23.4. The number of anilines is 1. The van der Waals surface area contributed by atoms with Crippen molar-refractivity contribution in [2.75, 3.05) is 18.9 Å². The van der Waals surface area contributed by atoms with Crippen molar-refractivity contribution in [1.29, 1.82) is 0 Å². The minimum Gasteiger partial charge on any atom is -0.490 e. The van der Waals surface area contributed by atoms with Gasteiger partial charge in [-0.25, -0.2) is 19.2 Å². The number of nitrogen functional groups attached to an aromatic ring is 1. The highest BCUT2D eigenvalue weighted by Gasteiger charge is 2.33. The van der Waals surface area contributed by atoms with Crippen LogP contribution in [0.1, 0.15) is 24.1 Å². The van der Waals surface area contributed by atoms with Crippen molar-refractivity contribution in [3.8, 4) is 22.8 Å². The van der Waals surface area contributed by atoms with Crippen molar-refractivity contribution < 1.29 is 18.7 Å². The number of rotatable bonds is 7. The number of nitrogens with one attached hydrogen (secondary N) is 1. The number of hydrogen-bond donors (Lipinski definition) is 2. The summed E-state index contributed by atoms with van der Waals surface area (Å²) in [4.78, 5) is 23.1. The molecule has 2 amide bonds. The number of amides is 2. The zero-order valence-corrected chi connectivity index (χ0v) is 20.1. The number of benzene rings is 2. The maximum absolute atomic E-state index is 13.1. The van der Waals surface area contributed by atoms with Crippen LogP contribution >= 0.6 is 23.2 Å². The zero-order valence-electron chi connectivity index (χ0n) is 18.6. The van der Waals surface area contributed by atoms with Gasteiger partial charge in [-0.2, -0.15) is 0 Å². The summed E-state index contributed by atoms with van der Waals surface area (Å²) in [7, 11) is 0. The van der Waals surface area contributed by atoms with Gasteiger partial charge in [0, 0.05) is 16.6 Å². The lowest BCUT2D eigenvalue weighted by atomic mass is 10.0. The van der Waals surface area contributed by atoms with Crippen LogP contribution in [0.15, 0.2) is 36.4 Å². The number of carbonyl (C=O) groups excluding carboxylic acids is 1. The van der Waals surface area contributed by atoms with Gasteiger partial charge in [0.05, 0.1) is 35.1 Å². The first-order valence-electron chi connectivity index (χ1n) is 11.1. The maximum Gasteiger partial charge on any atom is 0.318 e. The standard InChI is InChI=1S/C24H22Cl2FN5O3/c25-13-9-18(26)21(20(10-13)35-8-7-34-16-5-1-14(27)2-6-16)22-17-11-32(24(33)29-15-3-4-15)12-19(17)30-23(28)31-22/h1-2,5-6,9-10,15H,3-4,7-8,11-12H2,(H,29,33)(H2,28,30,31). The molecule has 1 fully saturated rings. The monoisotopic (exact) mass is 517 g/mol. The molecular weight excluding hydrogens is 496 g/mol. The molecule has 182 valence electrons. The minimum absolute atomic E-state index is 0.0693. The van der Waals surface area contributed by atoms with Crippen molar-refractivity contribution in [3.63, 3.8) is 0 Å². The van der Waals surface area contributed by atoms with E-state index in [1.807, 2.05) is 0 Å². The summed E-state index contributed by atoms with van der Waals surface area (Å²) >= 11 is 12.8. The van der Waals surface area contributed by atoms with Crippen molar-refractivity contribution >= 4 is 35.2 Å². The summed E-state index contributed by atoms with van der Waals surface area (Å²) in [6, 6.07) is 9.04. The van der Waals surface area contributed by atoms with Crippen LogP contribution in [0.2, 0.25) is 10.0 Å². The van der Waals surface area contributed by atoms with Gasteiger partial charge >= 0.3 is 6.03 Å². The van der Waals surface area contributed by atoms with Crippen molar-refractivity contribution in [2.24, 2.45) is 0 Å². The highest BCUT2D eigenvalue weighted by Crippen LogP contribution is 2.42. The van der Waals surface area contributed by atoms with Gasteiger partial charge in [-0.3, -0.25) is 0 Å². The predicted octanol–water partition coefficient (Wildman–Crippen LogP) is 4.82. The SMILES string of the molecule is Nc1nc2c(c(-c3c(Cl)cc(Cl)cc3OCCOc3ccc(F)cc3)n1)CN(C(=O)NC1CC1)C2. The highest BCUT2D eigenvalue weighted by molar-refractivity contribution is 6.37. The fourth-order valence-electron chi connectivity index (χ4n) is 3.85. The van der Waals surface area contributed by atoms with E-state index < -0.39 is 0 Å². The normalized spacial score (nSPS) is 14.5. The van der Waals surface area contributed by atoms with Crippen LogP contribution < -0.4 is 20.5 Å². The van der Waals surface area contributed by atoms with Crippen LogP contribution in [-0.2, 0) is 13.1 Å². The molecule has 0 saturated heterocycles. The van der Waals surface area contributed by atoms with Crippen molar-refractivity contribution in [3.05, 3.63) is 63.5 Å². The smallest absolute Gasteiger partial charge is 0.318 e. The topological polar surface area (TPSA) is 103 Å². The third-order valence-corrected chi connectivity index (χ3v) is 6.19. The van der Waals surface area contributed by atoms with E-state index in [9.17, 15) is 9.18 Å². The molecule has 3 aromatic rings. The van der Waals surface area contributed by atoms with Crippen LogP contribution in [0.5, 0.6) is 11.5 Å². The quantitative estimate of drug-likeness (QED) is 0.435. The van der Waals surface area contributed by atoms with E-state index in [2.05, 4.69) is 15.3 Å². The number of ether oxygens (including phenoxy) is 2. The van der Waals surface area contributed by atoms with E-state index in [1.165, 1.54) is 24.3 Å². The molecule has 2 aliphatic rings. The molecule has 0 unspecified atom stereocenters. The maximum atomic E-state index is 13.1. The molecule has 0 radical (unpaired) electrons. The van der Waals surface area contributed by atoms with E-state index in [0.717, 1.165) is 18.4 Å². The molecule has 1 aliphatic carbocycles. The summed E-state index contributed by atoms with van der Waals surface area (Å²) in [6.07, 6.45) is 1.99. The second-order valence-corrected chi connectivity index (χ2v) is 9.19. The van der Waals surface area contributed by atoms with Gasteiger partial charge in [0.25, 0.3) is 0 Å². The molecule has 8 nitrogen and oxygen atoms in total. The Hall–Kier alpha value is -3.30. The van der Waals surface area contributed by atoms with E-state index in [1.54, 1.807) is 17.0 Å². The number of hydrogen-bond acceptors (Lipinski definition) is 6. The number of halogens is 3. The molecule has 1 aromatic heterocycles. The van der Waals surface area contributed by atoms with E-state index in [0.29, 0.717) is 51.6 Å². The molecule has 1 saturated carbocycles. The molecule has 1 aliphatic heterocycles. The van der Waals surface area contributed by atoms with Gasteiger partial charge in [-0.15, -0.1) is 0 Å². The van der Waals surface area contributed by atoms with Crippen LogP contribution in [0.3, 0.4) is 0 Å². The van der Waals surface area contributed by atoms with E-state index in [4.69, 9.17) is 38.4 Å². The van der Waals surface area contributed by atoms with Crippen LogP contribution in [0.25, 0.3) is 11.3 Å². The molecule has 5 rings (SSSR count). The van der Waals surface area contributed by atoms with E-state index in [-0.39, 0.29) is 37.1 Å². The molecule has 0 spiro atoms. The first-order chi connectivity index (χ1) is 16.9. The van der Waals surface area contributed by atoms with Gasteiger partial charge in [0.2, 0.25) is 5.95 Å². The minimum atomic E-state index is -0.341. The van der Waals surface area contributed by atoms with Gasteiger partial charge < -0.3 is 25.4 Å². The Kier molecular flexibility index (Phi) is 6.53. The van der Waals surface area contributed by atoms with Crippen LogP contribution in [-0.4, -0.2) is 40.2 Å². The molecule has 2 aromatic carbocycles. The molecule has 2 heterocycles. The predicted molar refractivity (Wildman–Crippen MR) is 130 cm³/mol. The number of urea groups is 1. The lowest BCUT2D eigenvalue weighted by molar-refractivity contribution is 0.197. The van der Waals surface area contributed by atoms with Crippen molar-refractivity contribution in [2.45, 2.75) is 32.0 Å². The second-order valence-electron chi connectivity index (χ2n) is 8.35. The average Bonchev–Trinajstić information content (AvgIpc) is 3.52. The Morgan fingerprint density at radius 3 is 2.60 bits per heavy atom.